The Bertz CT molecular complexity index is 2260. The summed E-state index contributed by atoms with van der Waals surface area (Å²) in [4.78, 5) is 70.4. The van der Waals surface area contributed by atoms with Crippen molar-refractivity contribution in [3.05, 3.63) is 135 Å². The lowest BCUT2D eigenvalue weighted by molar-refractivity contribution is -0.384. The molecule has 268 valence electrons. The molecule has 53 heavy (non-hydrogen) atoms. The van der Waals surface area contributed by atoms with Crippen molar-refractivity contribution in [3.8, 4) is 11.5 Å². The molecule has 6 atom stereocenters. The molecule has 6 unspecified atom stereocenters. The number of hydrogen-bond donors (Lipinski definition) is 2. The van der Waals surface area contributed by atoms with Gasteiger partial charge in [0.2, 0.25) is 11.8 Å². The number of non-ortho nitro benzene ring substituents is 1. The number of nitro groups is 1. The number of hydrazine groups is 1. The molecule has 0 spiro atoms. The second kappa shape index (κ2) is 12.6. The van der Waals surface area contributed by atoms with E-state index >= 15 is 4.79 Å². The number of hydrogen-bond acceptors (Lipinski definition) is 9. The number of aromatic hydroxyl groups is 1. The lowest BCUT2D eigenvalue weighted by atomic mass is 9.49. The molecule has 3 fully saturated rings. The maximum atomic E-state index is 15.2. The summed E-state index contributed by atoms with van der Waals surface area (Å²) in [6.45, 7) is 0. The Balaban J connectivity index is 1.32. The molecule has 2 N–H and O–H groups in total. The van der Waals surface area contributed by atoms with Gasteiger partial charge in [-0.3, -0.25) is 34.7 Å². The maximum absolute atomic E-state index is 15.2. The average molecular weight is 737 g/mol. The minimum absolute atomic E-state index is 0.00465. The highest BCUT2D eigenvalue weighted by Crippen LogP contribution is 2.64. The first kappa shape index (κ1) is 34.0. The van der Waals surface area contributed by atoms with Gasteiger partial charge in [-0.05, 0) is 84.5 Å². The molecule has 2 heterocycles. The third-order valence-corrected chi connectivity index (χ3v) is 11.3. The number of nitrogens with zero attached hydrogens (tertiary/aromatic N) is 3. The number of benzene rings is 4. The Labute approximate surface area is 306 Å². The molecule has 2 aliphatic heterocycles. The Hall–Kier alpha value is -6.08. The van der Waals surface area contributed by atoms with Crippen molar-refractivity contribution in [2.45, 2.75) is 24.2 Å². The van der Waals surface area contributed by atoms with Crippen molar-refractivity contribution in [1.29, 1.82) is 0 Å². The van der Waals surface area contributed by atoms with Crippen LogP contribution < -0.4 is 15.1 Å². The van der Waals surface area contributed by atoms with Gasteiger partial charge in [0.25, 0.3) is 17.5 Å². The van der Waals surface area contributed by atoms with E-state index in [1.54, 1.807) is 36.4 Å². The number of nitro benzene ring substituents is 1. The highest BCUT2D eigenvalue weighted by atomic mass is 35.5. The van der Waals surface area contributed by atoms with Crippen LogP contribution in [0.2, 0.25) is 5.02 Å². The molecule has 4 aromatic carbocycles. The van der Waals surface area contributed by atoms with Crippen molar-refractivity contribution >= 4 is 52.3 Å². The standard InChI is InChI=1S/C39H30ClFN4O8/c1-53-32-17-20(5-16-31(32)46)34-27-14-15-28-33(37(49)43(35(28)47)25-3-2-4-26(18-25)45(51)52)29(27)19-30-36(48)44(42-24-12-10-23(41)11-13-24)38(50)39(30,34)21-6-8-22(40)9-7-21/h2-14,16-18,28-30,33-34,42,46H,15,19H2,1H3. The van der Waals surface area contributed by atoms with E-state index in [-0.39, 0.29) is 41.4 Å². The number of carbonyl (C=O) groups excluding carboxylic acids is 4. The molecule has 4 amide bonds. The molecule has 2 saturated heterocycles. The molecule has 4 aliphatic rings. The number of nitrogens with one attached hydrogen (secondary N) is 1. The number of amides is 4. The van der Waals surface area contributed by atoms with Gasteiger partial charge in [0.1, 0.15) is 5.82 Å². The van der Waals surface area contributed by atoms with Crippen LogP contribution in [0.25, 0.3) is 0 Å². The highest BCUT2D eigenvalue weighted by molar-refractivity contribution is 6.30. The Morgan fingerprint density at radius 2 is 1.68 bits per heavy atom. The van der Waals surface area contributed by atoms with Crippen LogP contribution >= 0.6 is 11.6 Å². The molecule has 8 rings (SSSR count). The van der Waals surface area contributed by atoms with Crippen LogP contribution in [0, 0.1) is 39.6 Å². The topological polar surface area (TPSA) is 159 Å². The van der Waals surface area contributed by atoms with Gasteiger partial charge >= 0.3 is 0 Å². The second-order valence-corrected chi connectivity index (χ2v) is 14.0. The van der Waals surface area contributed by atoms with Gasteiger partial charge < -0.3 is 9.84 Å². The number of allylic oxidation sites excluding steroid dienone is 2. The molecular formula is C39H30ClFN4O8. The first-order chi connectivity index (χ1) is 25.4. The smallest absolute Gasteiger partial charge is 0.271 e. The summed E-state index contributed by atoms with van der Waals surface area (Å²) in [5.41, 5.74) is 2.95. The quantitative estimate of drug-likeness (QED) is 0.0962. The van der Waals surface area contributed by atoms with Crippen LogP contribution in [0.4, 0.5) is 21.5 Å². The minimum atomic E-state index is -1.63. The fourth-order valence-corrected chi connectivity index (χ4v) is 9.03. The number of carbonyl (C=O) groups is 4. The Morgan fingerprint density at radius 1 is 0.943 bits per heavy atom. The van der Waals surface area contributed by atoms with Crippen LogP contribution in [-0.4, -0.2) is 45.8 Å². The van der Waals surface area contributed by atoms with E-state index in [2.05, 4.69) is 5.43 Å². The van der Waals surface area contributed by atoms with E-state index < -0.39 is 69.4 Å². The van der Waals surface area contributed by atoms with Gasteiger partial charge in [0.15, 0.2) is 11.5 Å². The lowest BCUT2D eigenvalue weighted by Crippen LogP contribution is -2.53. The van der Waals surface area contributed by atoms with Crippen LogP contribution in [0.5, 0.6) is 11.5 Å². The molecule has 0 bridgehead atoms. The summed E-state index contributed by atoms with van der Waals surface area (Å²) < 4.78 is 19.3. The third-order valence-electron chi connectivity index (χ3n) is 11.1. The number of ether oxygens (including phenoxy) is 1. The Kier molecular flexibility index (Phi) is 8.06. The molecule has 0 aromatic heterocycles. The van der Waals surface area contributed by atoms with Gasteiger partial charge in [0, 0.05) is 23.1 Å². The molecule has 0 radical (unpaired) electrons. The fraction of sp³-hybridized carbons (Fsp3) is 0.231. The number of methoxy groups -OCH3 is 1. The monoisotopic (exact) mass is 736 g/mol. The zero-order chi connectivity index (χ0) is 37.3. The number of halogens is 2. The number of phenolic OH excluding ortho intramolecular Hbond substituents is 1. The molecule has 12 nitrogen and oxygen atoms in total. The van der Waals surface area contributed by atoms with Crippen molar-refractivity contribution in [3.63, 3.8) is 0 Å². The van der Waals surface area contributed by atoms with Crippen molar-refractivity contribution in [1.82, 2.24) is 5.01 Å². The normalized spacial score (nSPS) is 26.2. The van der Waals surface area contributed by atoms with Gasteiger partial charge in [-0.25, -0.2) is 9.29 Å². The SMILES string of the molecule is COc1cc(C2C3=CCC4C(=O)N(c5cccc([N+](=O)[O-])c5)C(=O)C4C3CC3C(=O)N(Nc4ccc(F)cc4)C(=O)C32c2ccc(Cl)cc2)ccc1O. The zero-order valence-corrected chi connectivity index (χ0v) is 28.7. The van der Waals surface area contributed by atoms with E-state index in [4.69, 9.17) is 16.3 Å². The maximum Gasteiger partial charge on any atom is 0.271 e. The molecular weight excluding hydrogens is 707 g/mol. The average Bonchev–Trinajstić information content (AvgIpc) is 3.53. The minimum Gasteiger partial charge on any atom is -0.504 e. The van der Waals surface area contributed by atoms with Gasteiger partial charge in [0.05, 0.1) is 46.6 Å². The van der Waals surface area contributed by atoms with E-state index in [1.807, 2.05) is 6.08 Å². The zero-order valence-electron chi connectivity index (χ0n) is 27.9. The number of rotatable bonds is 7. The number of phenols is 1. The number of imide groups is 2. The Morgan fingerprint density at radius 3 is 2.38 bits per heavy atom. The lowest BCUT2D eigenvalue weighted by Gasteiger charge is -2.50. The molecule has 14 heteroatoms. The van der Waals surface area contributed by atoms with Crippen LogP contribution in [0.1, 0.15) is 29.9 Å². The predicted octanol–water partition coefficient (Wildman–Crippen LogP) is 6.29. The third kappa shape index (κ3) is 5.09. The van der Waals surface area contributed by atoms with Crippen LogP contribution in [0.15, 0.2) is 103 Å². The first-order valence-corrected chi connectivity index (χ1v) is 17.2. The van der Waals surface area contributed by atoms with Crippen molar-refractivity contribution < 1.29 is 38.3 Å². The summed E-state index contributed by atoms with van der Waals surface area (Å²) in [5, 5.41) is 23.5. The van der Waals surface area contributed by atoms with Gasteiger partial charge in [-0.1, -0.05) is 47.5 Å². The fourth-order valence-electron chi connectivity index (χ4n) is 8.90. The summed E-state index contributed by atoms with van der Waals surface area (Å²) >= 11 is 6.34. The van der Waals surface area contributed by atoms with Crippen molar-refractivity contribution in [2.24, 2.45) is 23.7 Å². The summed E-state index contributed by atoms with van der Waals surface area (Å²) in [6.07, 6.45) is 1.98. The van der Waals surface area contributed by atoms with E-state index in [9.17, 15) is 34.0 Å². The van der Waals surface area contributed by atoms with E-state index in [1.165, 1.54) is 61.7 Å². The summed E-state index contributed by atoms with van der Waals surface area (Å²) in [7, 11) is 1.38. The number of fused-ring (bicyclic) bond motifs is 4. The number of anilines is 2. The van der Waals surface area contributed by atoms with Crippen LogP contribution in [-0.2, 0) is 24.6 Å². The molecule has 4 aromatic rings. The second-order valence-electron chi connectivity index (χ2n) is 13.6. The van der Waals surface area contributed by atoms with Gasteiger partial charge in [-0.15, -0.1) is 0 Å². The van der Waals surface area contributed by atoms with Crippen molar-refractivity contribution in [2.75, 3.05) is 17.4 Å². The highest BCUT2D eigenvalue weighted by Gasteiger charge is 2.70. The van der Waals surface area contributed by atoms with E-state index in [0.717, 1.165) is 9.91 Å². The first-order valence-electron chi connectivity index (χ1n) is 16.8. The van der Waals surface area contributed by atoms with Crippen LogP contribution in [0.3, 0.4) is 0 Å². The predicted molar refractivity (Wildman–Crippen MR) is 189 cm³/mol. The summed E-state index contributed by atoms with van der Waals surface area (Å²) in [6, 6.07) is 21.8. The largest absolute Gasteiger partial charge is 0.504 e. The molecule has 2 aliphatic carbocycles. The van der Waals surface area contributed by atoms with Gasteiger partial charge in [-0.2, -0.15) is 5.01 Å². The van der Waals surface area contributed by atoms with E-state index in [0.29, 0.717) is 21.7 Å². The summed E-state index contributed by atoms with van der Waals surface area (Å²) in [5.74, 6) is -7.34. The molecule has 1 saturated carbocycles.